The van der Waals surface area contributed by atoms with Crippen molar-refractivity contribution in [3.05, 3.63) is 95.1 Å². The highest BCUT2D eigenvalue weighted by Gasteiger charge is 2.19. The molecule has 4 aromatic rings. The van der Waals surface area contributed by atoms with E-state index in [0.29, 0.717) is 5.56 Å². The predicted molar refractivity (Wildman–Crippen MR) is 120 cm³/mol. The number of benzene rings is 3. The molecule has 0 aliphatic heterocycles. The van der Waals surface area contributed by atoms with Crippen molar-refractivity contribution in [2.24, 2.45) is 0 Å². The molecule has 0 unspecified atom stereocenters. The van der Waals surface area contributed by atoms with Gasteiger partial charge in [0.25, 0.3) is 5.91 Å². The SMILES string of the molecule is CCc1ccc(NC(=O)c2c(C)c(-c3ccc(C)cc3)nc3ccccc23)cc1. The Labute approximate surface area is 171 Å². The lowest BCUT2D eigenvalue weighted by molar-refractivity contribution is 0.102. The van der Waals surface area contributed by atoms with Crippen molar-refractivity contribution in [2.45, 2.75) is 27.2 Å². The van der Waals surface area contributed by atoms with Crippen LogP contribution in [0.4, 0.5) is 5.69 Å². The van der Waals surface area contributed by atoms with E-state index in [2.05, 4.69) is 43.4 Å². The maximum atomic E-state index is 13.3. The molecule has 0 atom stereocenters. The van der Waals surface area contributed by atoms with Gasteiger partial charge in [-0.1, -0.05) is 67.1 Å². The number of para-hydroxylation sites is 1. The minimum atomic E-state index is -0.112. The molecule has 0 saturated carbocycles. The number of hydrogen-bond acceptors (Lipinski definition) is 2. The number of nitrogens with one attached hydrogen (secondary N) is 1. The molecule has 0 spiro atoms. The molecule has 0 bridgehead atoms. The standard InChI is InChI=1S/C26H24N2O/c1-4-19-11-15-21(16-12-19)27-26(29)24-18(3)25(20-13-9-17(2)10-14-20)28-23-8-6-5-7-22(23)24/h5-16H,4H2,1-3H3,(H,27,29). The van der Waals surface area contributed by atoms with Gasteiger partial charge < -0.3 is 5.32 Å². The van der Waals surface area contributed by atoms with Gasteiger partial charge in [-0.15, -0.1) is 0 Å². The highest BCUT2D eigenvalue weighted by Crippen LogP contribution is 2.30. The number of rotatable bonds is 4. The Morgan fingerprint density at radius 3 is 2.28 bits per heavy atom. The number of anilines is 1. The van der Waals surface area contributed by atoms with Crippen LogP contribution in [0.25, 0.3) is 22.2 Å². The fourth-order valence-corrected chi connectivity index (χ4v) is 3.61. The molecule has 0 aliphatic rings. The summed E-state index contributed by atoms with van der Waals surface area (Å²) in [5, 5.41) is 3.93. The van der Waals surface area contributed by atoms with Crippen molar-refractivity contribution in [1.29, 1.82) is 0 Å². The smallest absolute Gasteiger partial charge is 0.256 e. The molecule has 3 aromatic carbocycles. The van der Waals surface area contributed by atoms with Crippen LogP contribution < -0.4 is 5.32 Å². The number of aryl methyl sites for hydroxylation is 2. The molecule has 3 nitrogen and oxygen atoms in total. The van der Waals surface area contributed by atoms with Crippen LogP contribution in [0.2, 0.25) is 0 Å². The van der Waals surface area contributed by atoms with Crippen molar-refractivity contribution >= 4 is 22.5 Å². The lowest BCUT2D eigenvalue weighted by Gasteiger charge is -2.15. The topological polar surface area (TPSA) is 42.0 Å². The number of aromatic nitrogens is 1. The molecular formula is C26H24N2O. The molecule has 4 rings (SSSR count). The maximum Gasteiger partial charge on any atom is 0.256 e. The quantitative estimate of drug-likeness (QED) is 0.449. The summed E-state index contributed by atoms with van der Waals surface area (Å²) < 4.78 is 0. The van der Waals surface area contributed by atoms with Crippen LogP contribution in [0.3, 0.4) is 0 Å². The Morgan fingerprint density at radius 1 is 0.897 bits per heavy atom. The van der Waals surface area contributed by atoms with Crippen LogP contribution in [0.15, 0.2) is 72.8 Å². The average Bonchev–Trinajstić information content (AvgIpc) is 2.74. The second-order valence-corrected chi connectivity index (χ2v) is 7.35. The van der Waals surface area contributed by atoms with E-state index in [1.54, 1.807) is 0 Å². The maximum absolute atomic E-state index is 13.3. The highest BCUT2D eigenvalue weighted by atomic mass is 16.1. The van der Waals surface area contributed by atoms with E-state index in [9.17, 15) is 4.79 Å². The lowest BCUT2D eigenvalue weighted by atomic mass is 9.96. The van der Waals surface area contributed by atoms with Crippen molar-refractivity contribution in [3.63, 3.8) is 0 Å². The lowest BCUT2D eigenvalue weighted by Crippen LogP contribution is -2.15. The summed E-state index contributed by atoms with van der Waals surface area (Å²) in [6.07, 6.45) is 0.974. The largest absolute Gasteiger partial charge is 0.322 e. The van der Waals surface area contributed by atoms with Crippen molar-refractivity contribution in [1.82, 2.24) is 4.98 Å². The van der Waals surface area contributed by atoms with Gasteiger partial charge in [-0.05, 0) is 49.6 Å². The zero-order valence-electron chi connectivity index (χ0n) is 17.0. The normalized spacial score (nSPS) is 10.9. The molecule has 0 saturated heterocycles. The first-order valence-electron chi connectivity index (χ1n) is 9.93. The molecule has 0 fully saturated rings. The van der Waals surface area contributed by atoms with Crippen LogP contribution in [0, 0.1) is 13.8 Å². The minimum Gasteiger partial charge on any atom is -0.322 e. The zero-order chi connectivity index (χ0) is 20.4. The molecule has 0 aliphatic carbocycles. The summed E-state index contributed by atoms with van der Waals surface area (Å²) >= 11 is 0. The van der Waals surface area contributed by atoms with Gasteiger partial charge in [0.1, 0.15) is 0 Å². The molecule has 1 aromatic heterocycles. The van der Waals surface area contributed by atoms with E-state index in [4.69, 9.17) is 4.98 Å². The van der Waals surface area contributed by atoms with Gasteiger partial charge >= 0.3 is 0 Å². The second kappa shape index (κ2) is 7.88. The number of pyridine rings is 1. The Hall–Kier alpha value is -3.46. The summed E-state index contributed by atoms with van der Waals surface area (Å²) in [6, 6.07) is 24.1. The molecule has 144 valence electrons. The fourth-order valence-electron chi connectivity index (χ4n) is 3.61. The van der Waals surface area contributed by atoms with E-state index in [-0.39, 0.29) is 5.91 Å². The first-order valence-corrected chi connectivity index (χ1v) is 9.93. The van der Waals surface area contributed by atoms with Gasteiger partial charge in [0, 0.05) is 16.6 Å². The Morgan fingerprint density at radius 2 is 1.59 bits per heavy atom. The monoisotopic (exact) mass is 380 g/mol. The number of nitrogens with zero attached hydrogens (tertiary/aromatic N) is 1. The Kier molecular flexibility index (Phi) is 5.13. The van der Waals surface area contributed by atoms with Crippen LogP contribution >= 0.6 is 0 Å². The molecule has 3 heteroatoms. The zero-order valence-corrected chi connectivity index (χ0v) is 17.0. The van der Waals surface area contributed by atoms with Crippen LogP contribution in [-0.2, 0) is 6.42 Å². The van der Waals surface area contributed by atoms with Crippen molar-refractivity contribution < 1.29 is 4.79 Å². The van der Waals surface area contributed by atoms with E-state index in [1.165, 1.54) is 11.1 Å². The molecule has 1 N–H and O–H groups in total. The Bertz CT molecular complexity index is 1180. The molecule has 0 radical (unpaired) electrons. The van der Waals surface area contributed by atoms with Gasteiger partial charge in [-0.25, -0.2) is 4.98 Å². The second-order valence-electron chi connectivity index (χ2n) is 7.35. The summed E-state index contributed by atoms with van der Waals surface area (Å²) in [5.41, 5.74) is 7.47. The highest BCUT2D eigenvalue weighted by molar-refractivity contribution is 6.14. The summed E-state index contributed by atoms with van der Waals surface area (Å²) in [7, 11) is 0. The van der Waals surface area contributed by atoms with Gasteiger partial charge in [0.15, 0.2) is 0 Å². The third kappa shape index (κ3) is 3.77. The van der Waals surface area contributed by atoms with Crippen LogP contribution in [0.1, 0.15) is 34.0 Å². The van der Waals surface area contributed by atoms with Gasteiger partial charge in [0.2, 0.25) is 0 Å². The first kappa shape index (κ1) is 18.9. The molecular weight excluding hydrogens is 356 g/mol. The van der Waals surface area contributed by atoms with E-state index in [0.717, 1.165) is 39.8 Å². The number of fused-ring (bicyclic) bond motifs is 1. The molecule has 1 amide bonds. The van der Waals surface area contributed by atoms with E-state index < -0.39 is 0 Å². The summed E-state index contributed by atoms with van der Waals surface area (Å²) in [4.78, 5) is 18.2. The summed E-state index contributed by atoms with van der Waals surface area (Å²) in [6.45, 7) is 6.16. The number of carbonyl (C=O) groups is 1. The van der Waals surface area contributed by atoms with Crippen molar-refractivity contribution in [2.75, 3.05) is 5.32 Å². The van der Waals surface area contributed by atoms with Gasteiger partial charge in [-0.2, -0.15) is 0 Å². The fraction of sp³-hybridized carbons (Fsp3) is 0.154. The number of hydrogen-bond donors (Lipinski definition) is 1. The first-order chi connectivity index (χ1) is 14.1. The molecule has 29 heavy (non-hydrogen) atoms. The van der Waals surface area contributed by atoms with Crippen LogP contribution in [0.5, 0.6) is 0 Å². The predicted octanol–water partition coefficient (Wildman–Crippen LogP) is 6.33. The minimum absolute atomic E-state index is 0.112. The average molecular weight is 380 g/mol. The van der Waals surface area contributed by atoms with E-state index >= 15 is 0 Å². The Balaban J connectivity index is 1.82. The summed E-state index contributed by atoms with van der Waals surface area (Å²) in [5.74, 6) is -0.112. The van der Waals surface area contributed by atoms with Gasteiger partial charge in [-0.3, -0.25) is 4.79 Å². The van der Waals surface area contributed by atoms with E-state index in [1.807, 2.05) is 55.5 Å². The third-order valence-corrected chi connectivity index (χ3v) is 5.31. The third-order valence-electron chi connectivity index (χ3n) is 5.31. The van der Waals surface area contributed by atoms with Gasteiger partial charge in [0.05, 0.1) is 16.8 Å². The van der Waals surface area contributed by atoms with Crippen molar-refractivity contribution in [3.8, 4) is 11.3 Å². The van der Waals surface area contributed by atoms with Crippen LogP contribution in [-0.4, -0.2) is 10.9 Å². The number of carbonyl (C=O) groups excluding carboxylic acids is 1. The number of amides is 1. The molecule has 1 heterocycles.